The molecule has 1 unspecified atom stereocenters. The molecule has 1 aliphatic rings. The van der Waals surface area contributed by atoms with Crippen LogP contribution in [0.2, 0.25) is 0 Å². The summed E-state index contributed by atoms with van der Waals surface area (Å²) < 4.78 is 26.7. The average molecular weight is 279 g/mol. The van der Waals surface area contributed by atoms with Crippen LogP contribution in [0.1, 0.15) is 25.8 Å². The number of sulfonamides is 1. The van der Waals surface area contributed by atoms with Crippen LogP contribution in [0.15, 0.2) is 41.8 Å². The van der Waals surface area contributed by atoms with Crippen LogP contribution in [0.25, 0.3) is 0 Å². The van der Waals surface area contributed by atoms with E-state index in [-0.39, 0.29) is 12.1 Å². The molecule has 104 valence electrons. The van der Waals surface area contributed by atoms with Crippen LogP contribution in [-0.2, 0) is 10.0 Å². The van der Waals surface area contributed by atoms with Crippen LogP contribution in [0.4, 0.5) is 0 Å². The molecule has 1 fully saturated rings. The molecule has 0 radical (unpaired) electrons. The fourth-order valence-corrected chi connectivity index (χ4v) is 4.22. The molecule has 19 heavy (non-hydrogen) atoms. The predicted octanol–water partition coefficient (Wildman–Crippen LogP) is 2.97. The highest BCUT2D eigenvalue weighted by Crippen LogP contribution is 2.39. The monoisotopic (exact) mass is 279 g/mol. The maximum atomic E-state index is 12.5. The number of aryl methyl sites for hydroxylation is 1. The van der Waals surface area contributed by atoms with Gasteiger partial charge in [-0.05, 0) is 31.4 Å². The number of nitrogens with zero attached hydrogens (tertiary/aromatic N) is 1. The number of hydrogen-bond donors (Lipinski definition) is 0. The lowest BCUT2D eigenvalue weighted by molar-refractivity contribution is 0.515. The van der Waals surface area contributed by atoms with Gasteiger partial charge in [-0.2, -0.15) is 4.31 Å². The summed E-state index contributed by atoms with van der Waals surface area (Å²) in [5.41, 5.74) is 1.06. The molecular formula is C15H21NO2S. The van der Waals surface area contributed by atoms with Gasteiger partial charge in [-0.15, -0.1) is 6.58 Å². The van der Waals surface area contributed by atoms with E-state index in [0.717, 1.165) is 12.0 Å². The zero-order valence-corrected chi connectivity index (χ0v) is 12.5. The standard InChI is InChI=1S/C15H21NO2S/c1-5-14-15(10-11(2)3)16(14)19(17,18)13-8-6-12(4)7-9-13/h5-9,11,14-15H,1,10H2,2-4H3/t14-,15-,16?/m0/s1. The van der Waals surface area contributed by atoms with Gasteiger partial charge in [0, 0.05) is 6.04 Å². The van der Waals surface area contributed by atoms with E-state index in [9.17, 15) is 8.42 Å². The van der Waals surface area contributed by atoms with Crippen LogP contribution >= 0.6 is 0 Å². The van der Waals surface area contributed by atoms with Gasteiger partial charge in [0.1, 0.15) is 0 Å². The van der Waals surface area contributed by atoms with Crippen molar-refractivity contribution in [3.63, 3.8) is 0 Å². The quantitative estimate of drug-likeness (QED) is 0.614. The molecule has 1 saturated heterocycles. The summed E-state index contributed by atoms with van der Waals surface area (Å²) in [7, 11) is -3.38. The Morgan fingerprint density at radius 3 is 2.37 bits per heavy atom. The normalized spacial score (nSPS) is 26.4. The predicted molar refractivity (Wildman–Crippen MR) is 77.4 cm³/mol. The summed E-state index contributed by atoms with van der Waals surface area (Å²) in [5, 5.41) is 0. The van der Waals surface area contributed by atoms with Crippen LogP contribution in [0, 0.1) is 12.8 Å². The first kappa shape index (κ1) is 14.3. The summed E-state index contributed by atoms with van der Waals surface area (Å²) in [5.74, 6) is 0.477. The molecule has 3 atom stereocenters. The highest BCUT2D eigenvalue weighted by atomic mass is 32.2. The Kier molecular flexibility index (Phi) is 3.83. The van der Waals surface area contributed by atoms with E-state index < -0.39 is 10.0 Å². The molecule has 0 aromatic heterocycles. The van der Waals surface area contributed by atoms with Crippen LogP contribution in [0.5, 0.6) is 0 Å². The van der Waals surface area contributed by atoms with Gasteiger partial charge in [-0.25, -0.2) is 8.42 Å². The van der Waals surface area contributed by atoms with Crippen molar-refractivity contribution in [2.45, 2.75) is 44.2 Å². The first-order valence-electron chi connectivity index (χ1n) is 6.60. The third kappa shape index (κ3) is 2.74. The fourth-order valence-electron chi connectivity index (χ4n) is 2.43. The Labute approximate surface area is 116 Å². The Morgan fingerprint density at radius 2 is 1.89 bits per heavy atom. The van der Waals surface area contributed by atoms with Gasteiger partial charge >= 0.3 is 0 Å². The molecule has 0 aliphatic carbocycles. The molecule has 1 aromatic carbocycles. The smallest absolute Gasteiger partial charge is 0.207 e. The highest BCUT2D eigenvalue weighted by Gasteiger charge is 2.53. The van der Waals surface area contributed by atoms with Gasteiger partial charge in [-0.3, -0.25) is 0 Å². The third-order valence-corrected chi connectivity index (χ3v) is 5.41. The Hall–Kier alpha value is -1.13. The maximum Gasteiger partial charge on any atom is 0.243 e. The number of rotatable bonds is 5. The van der Waals surface area contributed by atoms with E-state index in [1.165, 1.54) is 0 Å². The molecule has 0 amide bonds. The van der Waals surface area contributed by atoms with Crippen LogP contribution < -0.4 is 0 Å². The lowest BCUT2D eigenvalue weighted by Gasteiger charge is -2.08. The van der Waals surface area contributed by atoms with Crippen molar-refractivity contribution < 1.29 is 8.42 Å². The summed E-state index contributed by atoms with van der Waals surface area (Å²) >= 11 is 0. The van der Waals surface area contributed by atoms with E-state index in [0.29, 0.717) is 10.8 Å². The topological polar surface area (TPSA) is 37.1 Å². The zero-order chi connectivity index (χ0) is 14.2. The summed E-state index contributed by atoms with van der Waals surface area (Å²) in [6, 6.07) is 7.04. The molecule has 3 nitrogen and oxygen atoms in total. The molecule has 2 rings (SSSR count). The van der Waals surface area contributed by atoms with Crippen molar-refractivity contribution in [3.05, 3.63) is 42.5 Å². The Balaban J connectivity index is 2.25. The molecule has 1 heterocycles. The minimum atomic E-state index is -3.38. The van der Waals surface area contributed by atoms with Crippen molar-refractivity contribution in [1.29, 1.82) is 0 Å². The van der Waals surface area contributed by atoms with Gasteiger partial charge in [0.05, 0.1) is 10.9 Å². The second-order valence-corrected chi connectivity index (χ2v) is 7.41. The van der Waals surface area contributed by atoms with E-state index in [2.05, 4.69) is 20.4 Å². The molecule has 1 aromatic rings. The lowest BCUT2D eigenvalue weighted by atomic mass is 10.1. The largest absolute Gasteiger partial charge is 0.243 e. The first-order valence-corrected chi connectivity index (χ1v) is 8.04. The molecular weight excluding hydrogens is 258 g/mol. The van der Waals surface area contributed by atoms with Crippen molar-refractivity contribution in [1.82, 2.24) is 4.31 Å². The maximum absolute atomic E-state index is 12.5. The zero-order valence-electron chi connectivity index (χ0n) is 11.7. The summed E-state index contributed by atoms with van der Waals surface area (Å²) in [6.45, 7) is 9.90. The van der Waals surface area contributed by atoms with Crippen molar-refractivity contribution >= 4 is 10.0 Å². The van der Waals surface area contributed by atoms with Crippen LogP contribution in [0.3, 0.4) is 0 Å². The van der Waals surface area contributed by atoms with Gasteiger partial charge in [0.15, 0.2) is 0 Å². The van der Waals surface area contributed by atoms with E-state index in [1.807, 2.05) is 19.1 Å². The van der Waals surface area contributed by atoms with Crippen LogP contribution in [-0.4, -0.2) is 24.8 Å². The molecule has 4 heteroatoms. The van der Waals surface area contributed by atoms with Crippen molar-refractivity contribution in [2.75, 3.05) is 0 Å². The minimum absolute atomic E-state index is 0.0475. The number of hydrogen-bond acceptors (Lipinski definition) is 2. The van der Waals surface area contributed by atoms with Gasteiger partial charge in [0.2, 0.25) is 10.0 Å². The summed E-state index contributed by atoms with van der Waals surface area (Å²) in [4.78, 5) is 0.371. The molecule has 0 saturated carbocycles. The lowest BCUT2D eigenvalue weighted by Crippen LogP contribution is -2.16. The highest BCUT2D eigenvalue weighted by molar-refractivity contribution is 7.89. The molecule has 1 aliphatic heterocycles. The van der Waals surface area contributed by atoms with E-state index >= 15 is 0 Å². The summed E-state index contributed by atoms with van der Waals surface area (Å²) in [6.07, 6.45) is 2.61. The second-order valence-electron chi connectivity index (χ2n) is 5.57. The van der Waals surface area contributed by atoms with Crippen molar-refractivity contribution in [2.24, 2.45) is 5.92 Å². The molecule has 0 N–H and O–H groups in total. The fraction of sp³-hybridized carbons (Fsp3) is 0.467. The van der Waals surface area contributed by atoms with E-state index in [4.69, 9.17) is 0 Å². The van der Waals surface area contributed by atoms with Crippen molar-refractivity contribution in [3.8, 4) is 0 Å². The van der Waals surface area contributed by atoms with Gasteiger partial charge in [0.25, 0.3) is 0 Å². The minimum Gasteiger partial charge on any atom is -0.207 e. The average Bonchev–Trinajstić information content (AvgIpc) is 3.02. The molecule has 0 bridgehead atoms. The molecule has 0 spiro atoms. The Morgan fingerprint density at radius 1 is 1.32 bits per heavy atom. The first-order chi connectivity index (χ1) is 8.87. The third-order valence-electron chi connectivity index (χ3n) is 3.48. The van der Waals surface area contributed by atoms with Gasteiger partial charge in [-0.1, -0.05) is 37.6 Å². The SMILES string of the molecule is C=C[C@H]1[C@H](CC(C)C)N1S(=O)(=O)c1ccc(C)cc1. The van der Waals surface area contributed by atoms with E-state index in [1.54, 1.807) is 22.5 Å². The number of benzene rings is 1. The second kappa shape index (κ2) is 5.10. The van der Waals surface area contributed by atoms with Gasteiger partial charge < -0.3 is 0 Å². The Bertz CT molecular complexity index is 560.